The fourth-order valence-electron chi connectivity index (χ4n) is 1.99. The Labute approximate surface area is 148 Å². The quantitative estimate of drug-likeness (QED) is 0.631. The Kier molecular flexibility index (Phi) is 4.54. The Morgan fingerprint density at radius 2 is 1.62 bits per heavy atom. The molecule has 110 valence electrons. The highest BCUT2D eigenvalue weighted by atomic mass is 79.9. The summed E-state index contributed by atoms with van der Waals surface area (Å²) >= 11 is 19.3. The van der Waals surface area contributed by atoms with Crippen LogP contribution in [-0.4, -0.2) is 6.79 Å². The third-order valence-corrected chi connectivity index (χ3v) is 4.80. The smallest absolute Gasteiger partial charge is 0.231 e. The number of benzene rings is 2. The van der Waals surface area contributed by atoms with Crippen LogP contribution in [0.1, 0.15) is 5.56 Å². The summed E-state index contributed by atoms with van der Waals surface area (Å²) in [6, 6.07) is 7.42. The van der Waals surface area contributed by atoms with Crippen LogP contribution in [0.15, 0.2) is 33.2 Å². The number of nitrogens with one attached hydrogen (secondary N) is 1. The van der Waals surface area contributed by atoms with Crippen molar-refractivity contribution in [2.24, 2.45) is 0 Å². The van der Waals surface area contributed by atoms with E-state index in [-0.39, 0.29) is 6.79 Å². The van der Waals surface area contributed by atoms with Crippen molar-refractivity contribution in [1.82, 2.24) is 0 Å². The van der Waals surface area contributed by atoms with Gasteiger partial charge >= 0.3 is 0 Å². The van der Waals surface area contributed by atoms with E-state index in [4.69, 9.17) is 32.7 Å². The van der Waals surface area contributed by atoms with Crippen molar-refractivity contribution in [1.29, 1.82) is 0 Å². The third kappa shape index (κ3) is 3.26. The molecule has 0 radical (unpaired) electrons. The Morgan fingerprint density at radius 3 is 2.29 bits per heavy atom. The molecule has 0 unspecified atom stereocenters. The highest BCUT2D eigenvalue weighted by molar-refractivity contribution is 9.10. The van der Waals surface area contributed by atoms with E-state index in [1.807, 2.05) is 12.1 Å². The Morgan fingerprint density at radius 1 is 1.00 bits per heavy atom. The van der Waals surface area contributed by atoms with Crippen molar-refractivity contribution in [3.63, 3.8) is 0 Å². The molecular weight excluding hydrogens is 445 g/mol. The maximum absolute atomic E-state index is 6.20. The van der Waals surface area contributed by atoms with Gasteiger partial charge in [0.1, 0.15) is 0 Å². The molecule has 0 saturated heterocycles. The summed E-state index contributed by atoms with van der Waals surface area (Å²) in [5, 5.41) is 4.37. The molecule has 0 saturated carbocycles. The van der Waals surface area contributed by atoms with Gasteiger partial charge in [0.05, 0.1) is 15.7 Å². The summed E-state index contributed by atoms with van der Waals surface area (Å²) in [6.07, 6.45) is 0. The van der Waals surface area contributed by atoms with E-state index >= 15 is 0 Å². The molecule has 0 aliphatic carbocycles. The van der Waals surface area contributed by atoms with E-state index in [2.05, 4.69) is 37.2 Å². The van der Waals surface area contributed by atoms with Crippen LogP contribution < -0.4 is 14.8 Å². The molecule has 2 aromatic carbocycles. The second-order valence-electron chi connectivity index (χ2n) is 4.39. The maximum Gasteiger partial charge on any atom is 0.231 e. The van der Waals surface area contributed by atoms with Crippen LogP contribution in [0, 0.1) is 0 Å². The minimum atomic E-state index is 0.253. The van der Waals surface area contributed by atoms with Gasteiger partial charge in [-0.1, -0.05) is 55.1 Å². The summed E-state index contributed by atoms with van der Waals surface area (Å²) in [5.41, 5.74) is 1.72. The van der Waals surface area contributed by atoms with Gasteiger partial charge in [0, 0.05) is 15.5 Å². The molecule has 3 rings (SSSR count). The van der Waals surface area contributed by atoms with Gasteiger partial charge in [-0.2, -0.15) is 0 Å². The zero-order valence-electron chi connectivity index (χ0n) is 10.6. The lowest BCUT2D eigenvalue weighted by atomic mass is 10.2. The van der Waals surface area contributed by atoms with Crippen LogP contribution in [0.4, 0.5) is 5.69 Å². The molecule has 0 fully saturated rings. The van der Waals surface area contributed by atoms with E-state index in [0.717, 1.165) is 26.0 Å². The van der Waals surface area contributed by atoms with Crippen LogP contribution in [-0.2, 0) is 6.54 Å². The predicted octanol–water partition coefficient (Wildman–Crippen LogP) is 5.86. The maximum atomic E-state index is 6.20. The first-order chi connectivity index (χ1) is 10.0. The molecule has 1 N–H and O–H groups in total. The number of anilines is 1. The SMILES string of the molecule is Clc1cc(Br)cc(Cl)c1NCc1cc2c(cc1Br)OCO2. The van der Waals surface area contributed by atoms with E-state index in [9.17, 15) is 0 Å². The Balaban J connectivity index is 1.83. The van der Waals surface area contributed by atoms with E-state index in [1.54, 1.807) is 12.1 Å². The van der Waals surface area contributed by atoms with E-state index < -0.39 is 0 Å². The third-order valence-electron chi connectivity index (χ3n) is 3.00. The lowest BCUT2D eigenvalue weighted by Crippen LogP contribution is -2.01. The van der Waals surface area contributed by atoms with Gasteiger partial charge in [-0.3, -0.25) is 0 Å². The molecule has 0 amide bonds. The fourth-order valence-corrected chi connectivity index (χ4v) is 3.79. The van der Waals surface area contributed by atoms with Crippen molar-refractivity contribution < 1.29 is 9.47 Å². The standard InChI is InChI=1S/C14H9Br2Cl2NO2/c15-8-2-10(17)14(11(18)3-8)19-5-7-1-12-13(4-9(7)16)21-6-20-12/h1-4,19H,5-6H2. The lowest BCUT2D eigenvalue weighted by molar-refractivity contribution is 0.174. The first kappa shape index (κ1) is 15.3. The molecular formula is C14H9Br2Cl2NO2. The molecule has 1 heterocycles. The van der Waals surface area contributed by atoms with Crippen molar-refractivity contribution >= 4 is 60.7 Å². The topological polar surface area (TPSA) is 30.5 Å². The van der Waals surface area contributed by atoms with Gasteiger partial charge in [-0.05, 0) is 29.8 Å². The zero-order valence-corrected chi connectivity index (χ0v) is 15.2. The molecule has 0 spiro atoms. The number of fused-ring (bicyclic) bond motifs is 1. The highest BCUT2D eigenvalue weighted by Crippen LogP contribution is 2.38. The van der Waals surface area contributed by atoms with Crippen LogP contribution >= 0.6 is 55.1 Å². The van der Waals surface area contributed by atoms with Crippen LogP contribution in [0.5, 0.6) is 11.5 Å². The van der Waals surface area contributed by atoms with Crippen LogP contribution in [0.25, 0.3) is 0 Å². The average Bonchev–Trinajstić information content (AvgIpc) is 2.84. The summed E-state index contributed by atoms with van der Waals surface area (Å²) in [5.74, 6) is 1.48. The van der Waals surface area contributed by atoms with Gasteiger partial charge in [0.2, 0.25) is 6.79 Å². The summed E-state index contributed by atoms with van der Waals surface area (Å²) < 4.78 is 12.5. The number of halogens is 4. The minimum absolute atomic E-state index is 0.253. The Bertz CT molecular complexity index is 687. The monoisotopic (exact) mass is 451 g/mol. The van der Waals surface area contributed by atoms with E-state index in [1.165, 1.54) is 0 Å². The Hall–Kier alpha value is -0.620. The van der Waals surface area contributed by atoms with Crippen LogP contribution in [0.2, 0.25) is 10.0 Å². The summed E-state index contributed by atoms with van der Waals surface area (Å²) in [6.45, 7) is 0.807. The largest absolute Gasteiger partial charge is 0.454 e. The lowest BCUT2D eigenvalue weighted by Gasteiger charge is -2.12. The van der Waals surface area contributed by atoms with Crippen molar-refractivity contribution in [3.05, 3.63) is 48.8 Å². The molecule has 3 nitrogen and oxygen atoms in total. The second-order valence-corrected chi connectivity index (χ2v) is 6.98. The van der Waals surface area contributed by atoms with Gasteiger partial charge in [-0.15, -0.1) is 0 Å². The molecule has 0 aromatic heterocycles. The minimum Gasteiger partial charge on any atom is -0.454 e. The number of hydrogen-bond donors (Lipinski definition) is 1. The van der Waals surface area contributed by atoms with Gasteiger partial charge in [0.25, 0.3) is 0 Å². The molecule has 0 atom stereocenters. The molecule has 7 heteroatoms. The molecule has 1 aliphatic rings. The predicted molar refractivity (Wildman–Crippen MR) is 91.8 cm³/mol. The van der Waals surface area contributed by atoms with Crippen LogP contribution in [0.3, 0.4) is 0 Å². The first-order valence-electron chi connectivity index (χ1n) is 6.01. The van der Waals surface area contributed by atoms with Crippen molar-refractivity contribution in [3.8, 4) is 11.5 Å². The normalized spacial score (nSPS) is 12.6. The average molecular weight is 454 g/mol. The number of rotatable bonds is 3. The highest BCUT2D eigenvalue weighted by Gasteiger charge is 2.16. The van der Waals surface area contributed by atoms with Gasteiger partial charge < -0.3 is 14.8 Å². The second kappa shape index (κ2) is 6.24. The molecule has 21 heavy (non-hydrogen) atoms. The van der Waals surface area contributed by atoms with Crippen molar-refractivity contribution in [2.75, 3.05) is 12.1 Å². The molecule has 0 bridgehead atoms. The number of hydrogen-bond acceptors (Lipinski definition) is 3. The first-order valence-corrected chi connectivity index (χ1v) is 8.35. The number of ether oxygens (including phenoxy) is 2. The van der Waals surface area contributed by atoms with E-state index in [0.29, 0.717) is 22.3 Å². The zero-order chi connectivity index (χ0) is 15.0. The van der Waals surface area contributed by atoms with Crippen molar-refractivity contribution in [2.45, 2.75) is 6.54 Å². The fraction of sp³-hybridized carbons (Fsp3) is 0.143. The summed E-state index contributed by atoms with van der Waals surface area (Å²) in [4.78, 5) is 0. The van der Waals surface area contributed by atoms with Gasteiger partial charge in [-0.25, -0.2) is 0 Å². The summed E-state index contributed by atoms with van der Waals surface area (Å²) in [7, 11) is 0. The van der Waals surface area contributed by atoms with Gasteiger partial charge in [0.15, 0.2) is 11.5 Å². The molecule has 1 aliphatic heterocycles. The molecule has 2 aromatic rings.